The number of aromatic nitrogens is 3. The van der Waals surface area contributed by atoms with Crippen LogP contribution in [0, 0.1) is 5.92 Å². The van der Waals surface area contributed by atoms with E-state index in [2.05, 4.69) is 39.7 Å². The van der Waals surface area contributed by atoms with Crippen LogP contribution in [0.2, 0.25) is 0 Å². The first-order valence-corrected chi connectivity index (χ1v) is 8.98. The molecular formula is C18H27N5. The number of likely N-dealkylation sites (tertiary alicyclic amines) is 1. The molecule has 23 heavy (non-hydrogen) atoms. The number of nitrogens with zero attached hydrogens (tertiary/aromatic N) is 4. The van der Waals surface area contributed by atoms with Crippen molar-refractivity contribution in [3.63, 3.8) is 0 Å². The van der Waals surface area contributed by atoms with E-state index >= 15 is 0 Å². The molecule has 2 atom stereocenters. The Balaban J connectivity index is 1.63. The molecule has 2 saturated heterocycles. The largest absolute Gasteiger partial charge is 0.316 e. The van der Waals surface area contributed by atoms with Gasteiger partial charge in [0.25, 0.3) is 0 Å². The Kier molecular flexibility index (Phi) is 4.07. The summed E-state index contributed by atoms with van der Waals surface area (Å²) >= 11 is 0. The van der Waals surface area contributed by atoms with Crippen LogP contribution in [0.5, 0.6) is 0 Å². The van der Waals surface area contributed by atoms with Crippen LogP contribution in [-0.4, -0.2) is 51.7 Å². The van der Waals surface area contributed by atoms with Crippen molar-refractivity contribution in [2.75, 3.05) is 26.2 Å². The summed E-state index contributed by atoms with van der Waals surface area (Å²) in [6.07, 6.45) is 4.37. The first-order chi connectivity index (χ1) is 11.2. The summed E-state index contributed by atoms with van der Waals surface area (Å²) in [7, 11) is 0. The Morgan fingerprint density at radius 3 is 3.00 bits per heavy atom. The maximum absolute atomic E-state index is 4.94. The number of imidazole rings is 1. The summed E-state index contributed by atoms with van der Waals surface area (Å²) in [6, 6.07) is 4.74. The number of pyridine rings is 1. The molecule has 1 N–H and O–H groups in total. The van der Waals surface area contributed by atoms with Gasteiger partial charge in [-0.2, -0.15) is 0 Å². The van der Waals surface area contributed by atoms with E-state index in [0.29, 0.717) is 17.9 Å². The third kappa shape index (κ3) is 2.88. The van der Waals surface area contributed by atoms with Crippen LogP contribution in [0.4, 0.5) is 0 Å². The lowest BCUT2D eigenvalue weighted by Crippen LogP contribution is -2.29. The van der Waals surface area contributed by atoms with Crippen LogP contribution in [0.1, 0.15) is 38.4 Å². The second kappa shape index (κ2) is 6.21. The summed E-state index contributed by atoms with van der Waals surface area (Å²) < 4.78 is 2.42. The molecule has 124 valence electrons. The second-order valence-electron chi connectivity index (χ2n) is 7.36. The Bertz CT molecular complexity index is 671. The van der Waals surface area contributed by atoms with Gasteiger partial charge in [0.2, 0.25) is 0 Å². The fraction of sp³-hybridized carbons (Fsp3) is 0.667. The fourth-order valence-corrected chi connectivity index (χ4v) is 4.08. The van der Waals surface area contributed by atoms with Gasteiger partial charge < -0.3 is 14.8 Å². The molecule has 0 bridgehead atoms. The van der Waals surface area contributed by atoms with Gasteiger partial charge in [-0.1, -0.05) is 0 Å². The first kappa shape index (κ1) is 15.1. The zero-order valence-corrected chi connectivity index (χ0v) is 14.2. The van der Waals surface area contributed by atoms with Crippen LogP contribution >= 0.6 is 0 Å². The standard InChI is InChI=1S/C18H27N5/c1-13(2)22-9-6-14(11-22)12-23-17(15-5-8-19-10-15)21-16-4-3-7-20-18(16)23/h3-4,7,13-15,19H,5-6,8-12H2,1-2H3. The molecule has 4 heterocycles. The van der Waals surface area contributed by atoms with Crippen molar-refractivity contribution in [2.24, 2.45) is 5.92 Å². The van der Waals surface area contributed by atoms with E-state index in [1.807, 2.05) is 12.3 Å². The van der Waals surface area contributed by atoms with E-state index in [1.165, 1.54) is 31.8 Å². The summed E-state index contributed by atoms with van der Waals surface area (Å²) in [5, 5.41) is 3.48. The highest BCUT2D eigenvalue weighted by Gasteiger charge is 2.28. The highest BCUT2D eigenvalue weighted by Crippen LogP contribution is 2.28. The highest BCUT2D eigenvalue weighted by atomic mass is 15.2. The molecule has 2 aromatic heterocycles. The molecule has 5 nitrogen and oxygen atoms in total. The Morgan fingerprint density at radius 1 is 1.35 bits per heavy atom. The number of fused-ring (bicyclic) bond motifs is 1. The van der Waals surface area contributed by atoms with Crippen LogP contribution in [-0.2, 0) is 6.54 Å². The zero-order valence-electron chi connectivity index (χ0n) is 14.2. The molecule has 2 fully saturated rings. The van der Waals surface area contributed by atoms with E-state index in [4.69, 9.17) is 4.98 Å². The lowest BCUT2D eigenvalue weighted by atomic mass is 10.1. The van der Waals surface area contributed by atoms with Crippen molar-refractivity contribution in [3.05, 3.63) is 24.2 Å². The van der Waals surface area contributed by atoms with Crippen molar-refractivity contribution in [1.29, 1.82) is 0 Å². The van der Waals surface area contributed by atoms with E-state index in [-0.39, 0.29) is 0 Å². The monoisotopic (exact) mass is 313 g/mol. The molecule has 0 spiro atoms. The predicted molar refractivity (Wildman–Crippen MR) is 92.6 cm³/mol. The van der Waals surface area contributed by atoms with Gasteiger partial charge in [-0.15, -0.1) is 0 Å². The average Bonchev–Trinajstić information content (AvgIpc) is 3.27. The minimum absolute atomic E-state index is 0.534. The average molecular weight is 313 g/mol. The number of rotatable bonds is 4. The van der Waals surface area contributed by atoms with Crippen molar-refractivity contribution in [2.45, 2.75) is 45.2 Å². The Morgan fingerprint density at radius 2 is 2.26 bits per heavy atom. The van der Waals surface area contributed by atoms with Gasteiger partial charge in [-0.25, -0.2) is 9.97 Å². The summed E-state index contributed by atoms with van der Waals surface area (Å²) in [6.45, 7) is 10.2. The van der Waals surface area contributed by atoms with E-state index in [1.54, 1.807) is 0 Å². The molecule has 2 aromatic rings. The molecule has 0 radical (unpaired) electrons. The molecule has 4 rings (SSSR count). The minimum Gasteiger partial charge on any atom is -0.316 e. The van der Waals surface area contributed by atoms with Crippen LogP contribution in [0.3, 0.4) is 0 Å². The van der Waals surface area contributed by atoms with Crippen LogP contribution < -0.4 is 5.32 Å². The summed E-state index contributed by atoms with van der Waals surface area (Å²) in [4.78, 5) is 12.2. The number of hydrogen-bond acceptors (Lipinski definition) is 4. The van der Waals surface area contributed by atoms with E-state index in [0.717, 1.165) is 30.8 Å². The van der Waals surface area contributed by atoms with Gasteiger partial charge in [0.05, 0.1) is 0 Å². The zero-order chi connectivity index (χ0) is 15.8. The van der Waals surface area contributed by atoms with Crippen molar-refractivity contribution in [3.8, 4) is 0 Å². The van der Waals surface area contributed by atoms with Gasteiger partial charge in [-0.3, -0.25) is 0 Å². The molecule has 0 amide bonds. The van der Waals surface area contributed by atoms with Crippen molar-refractivity contribution >= 4 is 11.2 Å². The molecule has 0 aliphatic carbocycles. The van der Waals surface area contributed by atoms with E-state index in [9.17, 15) is 0 Å². The molecule has 0 saturated carbocycles. The fourth-order valence-electron chi connectivity index (χ4n) is 4.08. The summed E-state index contributed by atoms with van der Waals surface area (Å²) in [5.74, 6) is 2.49. The van der Waals surface area contributed by atoms with Crippen LogP contribution in [0.25, 0.3) is 11.2 Å². The highest BCUT2D eigenvalue weighted by molar-refractivity contribution is 5.71. The molecule has 5 heteroatoms. The predicted octanol–water partition coefficient (Wildman–Crippen LogP) is 2.24. The molecule has 2 unspecified atom stereocenters. The maximum atomic E-state index is 4.94. The third-order valence-electron chi connectivity index (χ3n) is 5.45. The Labute approximate surface area is 138 Å². The second-order valence-corrected chi connectivity index (χ2v) is 7.36. The number of nitrogens with one attached hydrogen (secondary N) is 1. The Hall–Kier alpha value is -1.46. The maximum Gasteiger partial charge on any atom is 0.160 e. The van der Waals surface area contributed by atoms with Gasteiger partial charge in [-0.05, 0) is 57.8 Å². The van der Waals surface area contributed by atoms with Crippen molar-refractivity contribution < 1.29 is 0 Å². The topological polar surface area (TPSA) is 46.0 Å². The minimum atomic E-state index is 0.534. The number of hydrogen-bond donors (Lipinski definition) is 1. The molecule has 0 aromatic carbocycles. The normalized spacial score (nSPS) is 25.9. The van der Waals surface area contributed by atoms with Gasteiger partial charge in [0.15, 0.2) is 5.65 Å². The van der Waals surface area contributed by atoms with Gasteiger partial charge >= 0.3 is 0 Å². The smallest absolute Gasteiger partial charge is 0.160 e. The third-order valence-corrected chi connectivity index (χ3v) is 5.45. The summed E-state index contributed by atoms with van der Waals surface area (Å²) in [5.41, 5.74) is 2.12. The van der Waals surface area contributed by atoms with E-state index < -0.39 is 0 Å². The quantitative estimate of drug-likeness (QED) is 0.940. The first-order valence-electron chi connectivity index (χ1n) is 8.98. The van der Waals surface area contributed by atoms with Gasteiger partial charge in [0.1, 0.15) is 11.3 Å². The lowest BCUT2D eigenvalue weighted by Gasteiger charge is -2.21. The lowest BCUT2D eigenvalue weighted by molar-refractivity contribution is 0.260. The van der Waals surface area contributed by atoms with Gasteiger partial charge in [0, 0.05) is 37.8 Å². The molecular weight excluding hydrogens is 286 g/mol. The SMILES string of the molecule is CC(C)N1CCC(Cn2c(C3CCNC3)nc3cccnc32)C1. The van der Waals surface area contributed by atoms with Crippen molar-refractivity contribution in [1.82, 2.24) is 24.8 Å². The molecule has 2 aliphatic rings. The molecule has 2 aliphatic heterocycles. The van der Waals surface area contributed by atoms with Crippen LogP contribution in [0.15, 0.2) is 18.3 Å².